The quantitative estimate of drug-likeness (QED) is 0.744. The summed E-state index contributed by atoms with van der Waals surface area (Å²) in [7, 11) is 0. The Morgan fingerprint density at radius 2 is 2.11 bits per heavy atom. The van der Waals surface area contributed by atoms with Gasteiger partial charge in [0, 0.05) is 6.07 Å². The molecule has 0 saturated carbocycles. The SMILES string of the molecule is N[C@@H](Cc1ccc(O)cc1)C(=O)Nc1ccon1. The molecule has 1 aromatic carbocycles. The molecule has 0 aliphatic heterocycles. The summed E-state index contributed by atoms with van der Waals surface area (Å²) >= 11 is 0. The number of nitrogens with zero attached hydrogens (tertiary/aromatic N) is 1. The molecule has 2 aromatic rings. The summed E-state index contributed by atoms with van der Waals surface area (Å²) in [5, 5.41) is 15.2. The number of aromatic nitrogens is 1. The van der Waals surface area contributed by atoms with Crippen molar-refractivity contribution in [2.24, 2.45) is 5.73 Å². The van der Waals surface area contributed by atoms with Gasteiger partial charge in [0.1, 0.15) is 12.0 Å². The van der Waals surface area contributed by atoms with Gasteiger partial charge in [-0.05, 0) is 24.1 Å². The lowest BCUT2D eigenvalue weighted by atomic mass is 10.1. The van der Waals surface area contributed by atoms with Crippen LogP contribution in [0.5, 0.6) is 5.75 Å². The molecule has 1 atom stereocenters. The number of anilines is 1. The second kappa shape index (κ2) is 5.33. The average molecular weight is 247 g/mol. The summed E-state index contributed by atoms with van der Waals surface area (Å²) in [5.41, 5.74) is 6.64. The third-order valence-electron chi connectivity index (χ3n) is 2.42. The van der Waals surface area contributed by atoms with Gasteiger partial charge in [-0.3, -0.25) is 4.79 Å². The number of carbonyl (C=O) groups excluding carboxylic acids is 1. The van der Waals surface area contributed by atoms with Gasteiger partial charge < -0.3 is 20.7 Å². The molecule has 0 unspecified atom stereocenters. The van der Waals surface area contributed by atoms with Crippen molar-refractivity contribution in [1.82, 2.24) is 5.16 Å². The van der Waals surface area contributed by atoms with Crippen molar-refractivity contribution < 1.29 is 14.4 Å². The fourth-order valence-corrected chi connectivity index (χ4v) is 1.47. The Kier molecular flexibility index (Phi) is 3.59. The maximum Gasteiger partial charge on any atom is 0.242 e. The molecule has 1 heterocycles. The molecule has 0 radical (unpaired) electrons. The predicted octanol–water partition coefficient (Wildman–Crippen LogP) is 0.889. The van der Waals surface area contributed by atoms with Gasteiger partial charge in [0.25, 0.3) is 0 Å². The van der Waals surface area contributed by atoms with Gasteiger partial charge in [0.2, 0.25) is 5.91 Å². The minimum Gasteiger partial charge on any atom is -0.508 e. The van der Waals surface area contributed by atoms with Crippen molar-refractivity contribution in [2.45, 2.75) is 12.5 Å². The highest BCUT2D eigenvalue weighted by Gasteiger charge is 2.15. The molecule has 6 nitrogen and oxygen atoms in total. The first-order valence-electron chi connectivity index (χ1n) is 5.40. The van der Waals surface area contributed by atoms with Gasteiger partial charge in [-0.25, -0.2) is 0 Å². The van der Waals surface area contributed by atoms with E-state index in [4.69, 9.17) is 10.8 Å². The number of phenolic OH excluding ortho intramolecular Hbond substituents is 1. The van der Waals surface area contributed by atoms with Gasteiger partial charge in [-0.15, -0.1) is 0 Å². The Bertz CT molecular complexity index is 508. The van der Waals surface area contributed by atoms with Crippen molar-refractivity contribution >= 4 is 11.7 Å². The average Bonchev–Trinajstić information content (AvgIpc) is 2.85. The third kappa shape index (κ3) is 3.08. The lowest BCUT2D eigenvalue weighted by Gasteiger charge is -2.10. The highest BCUT2D eigenvalue weighted by atomic mass is 16.5. The van der Waals surface area contributed by atoms with E-state index in [1.165, 1.54) is 12.3 Å². The summed E-state index contributed by atoms with van der Waals surface area (Å²) in [6.07, 6.45) is 1.74. The van der Waals surface area contributed by atoms with E-state index in [0.717, 1.165) is 5.56 Å². The fourth-order valence-electron chi connectivity index (χ4n) is 1.47. The van der Waals surface area contributed by atoms with E-state index in [1.807, 2.05) is 0 Å². The van der Waals surface area contributed by atoms with Crippen molar-refractivity contribution in [3.63, 3.8) is 0 Å². The molecule has 6 heteroatoms. The number of benzene rings is 1. The Hall–Kier alpha value is -2.34. The molecule has 0 fully saturated rings. The number of hydrogen-bond acceptors (Lipinski definition) is 5. The molecule has 4 N–H and O–H groups in total. The highest BCUT2D eigenvalue weighted by molar-refractivity contribution is 5.93. The van der Waals surface area contributed by atoms with Crippen molar-refractivity contribution in [2.75, 3.05) is 5.32 Å². The van der Waals surface area contributed by atoms with E-state index >= 15 is 0 Å². The summed E-state index contributed by atoms with van der Waals surface area (Å²) in [5.74, 6) is 0.178. The zero-order valence-electron chi connectivity index (χ0n) is 9.54. The molecule has 0 aliphatic carbocycles. The Balaban J connectivity index is 1.93. The van der Waals surface area contributed by atoms with Crippen LogP contribution in [-0.2, 0) is 11.2 Å². The van der Waals surface area contributed by atoms with Crippen LogP contribution in [0.2, 0.25) is 0 Å². The molecule has 94 valence electrons. The zero-order valence-corrected chi connectivity index (χ0v) is 9.54. The number of aromatic hydroxyl groups is 1. The molecule has 1 amide bonds. The van der Waals surface area contributed by atoms with Gasteiger partial charge in [0.05, 0.1) is 6.04 Å². The first-order chi connectivity index (χ1) is 8.65. The molecule has 2 rings (SSSR count). The maximum absolute atomic E-state index is 11.7. The number of amides is 1. The number of phenols is 1. The lowest BCUT2D eigenvalue weighted by Crippen LogP contribution is -2.37. The van der Waals surface area contributed by atoms with Crippen LogP contribution >= 0.6 is 0 Å². The number of rotatable bonds is 4. The normalized spacial score (nSPS) is 12.1. The van der Waals surface area contributed by atoms with Crippen LogP contribution in [0.3, 0.4) is 0 Å². The van der Waals surface area contributed by atoms with Gasteiger partial charge in [0.15, 0.2) is 5.82 Å². The van der Waals surface area contributed by atoms with E-state index in [2.05, 4.69) is 15.0 Å². The van der Waals surface area contributed by atoms with Crippen LogP contribution in [0.15, 0.2) is 41.1 Å². The minimum atomic E-state index is -0.689. The summed E-state index contributed by atoms with van der Waals surface area (Å²) in [6, 6.07) is 7.39. The van der Waals surface area contributed by atoms with E-state index in [-0.39, 0.29) is 11.7 Å². The third-order valence-corrected chi connectivity index (χ3v) is 2.42. The first kappa shape index (κ1) is 12.1. The predicted molar refractivity (Wildman–Crippen MR) is 64.9 cm³/mol. The largest absolute Gasteiger partial charge is 0.508 e. The van der Waals surface area contributed by atoms with Crippen LogP contribution in [0.1, 0.15) is 5.56 Å². The van der Waals surface area contributed by atoms with E-state index in [9.17, 15) is 4.79 Å². The van der Waals surface area contributed by atoms with E-state index in [0.29, 0.717) is 12.2 Å². The van der Waals surface area contributed by atoms with Gasteiger partial charge >= 0.3 is 0 Å². The van der Waals surface area contributed by atoms with E-state index < -0.39 is 6.04 Å². The standard InChI is InChI=1S/C12H13N3O3/c13-10(7-8-1-3-9(16)4-2-8)12(17)14-11-5-6-18-15-11/h1-6,10,16H,7,13H2,(H,14,15,17)/t10-/m0/s1. The maximum atomic E-state index is 11.7. The minimum absolute atomic E-state index is 0.180. The Morgan fingerprint density at radius 3 is 2.72 bits per heavy atom. The van der Waals surface area contributed by atoms with Crippen LogP contribution in [0.4, 0.5) is 5.82 Å². The smallest absolute Gasteiger partial charge is 0.242 e. The molecular formula is C12H13N3O3. The van der Waals surface area contributed by atoms with Crippen LogP contribution in [-0.4, -0.2) is 22.2 Å². The first-order valence-corrected chi connectivity index (χ1v) is 5.40. The topological polar surface area (TPSA) is 101 Å². The second-order valence-electron chi connectivity index (χ2n) is 3.85. The van der Waals surface area contributed by atoms with Crippen molar-refractivity contribution in [3.05, 3.63) is 42.2 Å². The zero-order chi connectivity index (χ0) is 13.0. The monoisotopic (exact) mass is 247 g/mol. The van der Waals surface area contributed by atoms with Crippen molar-refractivity contribution in [1.29, 1.82) is 0 Å². The second-order valence-corrected chi connectivity index (χ2v) is 3.85. The number of carbonyl (C=O) groups is 1. The molecule has 0 spiro atoms. The fraction of sp³-hybridized carbons (Fsp3) is 0.167. The van der Waals surface area contributed by atoms with E-state index in [1.54, 1.807) is 24.3 Å². The van der Waals surface area contributed by atoms with Crippen LogP contribution < -0.4 is 11.1 Å². The van der Waals surface area contributed by atoms with Crippen molar-refractivity contribution in [3.8, 4) is 5.75 Å². The molecule has 0 aliphatic rings. The molecular weight excluding hydrogens is 234 g/mol. The number of nitrogens with two attached hydrogens (primary N) is 1. The van der Waals surface area contributed by atoms with Crippen LogP contribution in [0, 0.1) is 0 Å². The lowest BCUT2D eigenvalue weighted by molar-refractivity contribution is -0.117. The van der Waals surface area contributed by atoms with Gasteiger partial charge in [-0.2, -0.15) is 0 Å². The van der Waals surface area contributed by atoms with Crippen LogP contribution in [0.25, 0.3) is 0 Å². The highest BCUT2D eigenvalue weighted by Crippen LogP contribution is 2.11. The number of hydrogen-bond donors (Lipinski definition) is 3. The Labute approximate surface area is 103 Å². The summed E-state index contributed by atoms with van der Waals surface area (Å²) in [6.45, 7) is 0. The molecule has 1 aromatic heterocycles. The summed E-state index contributed by atoms with van der Waals surface area (Å²) < 4.78 is 4.59. The Morgan fingerprint density at radius 1 is 1.39 bits per heavy atom. The summed E-state index contributed by atoms with van der Waals surface area (Å²) in [4.78, 5) is 11.7. The van der Waals surface area contributed by atoms with Gasteiger partial charge in [-0.1, -0.05) is 17.3 Å². The molecule has 0 saturated heterocycles. The number of nitrogens with one attached hydrogen (secondary N) is 1. The molecule has 0 bridgehead atoms. The molecule has 18 heavy (non-hydrogen) atoms.